The molecule has 1 aromatic carbocycles. The van der Waals surface area contributed by atoms with Crippen LogP contribution in [0, 0.1) is 5.92 Å². The second-order valence-electron chi connectivity index (χ2n) is 5.16. The molecule has 2 unspecified atom stereocenters. The number of hydrogen-bond acceptors (Lipinski definition) is 2. The van der Waals surface area contributed by atoms with Crippen LogP contribution in [-0.4, -0.2) is 22.6 Å². The third-order valence-corrected chi connectivity index (χ3v) is 4.51. The van der Waals surface area contributed by atoms with E-state index in [1.165, 1.54) is 19.3 Å². The van der Waals surface area contributed by atoms with Crippen molar-refractivity contribution in [1.82, 2.24) is 4.90 Å². The Kier molecular flexibility index (Phi) is 2.97. The van der Waals surface area contributed by atoms with E-state index in [0.29, 0.717) is 16.1 Å². The lowest BCUT2D eigenvalue weighted by Gasteiger charge is -2.27. The molecule has 0 aromatic heterocycles. The van der Waals surface area contributed by atoms with Crippen LogP contribution in [0.3, 0.4) is 0 Å². The largest absolute Gasteiger partial charge is 0.506 e. The first-order valence-corrected chi connectivity index (χ1v) is 6.80. The van der Waals surface area contributed by atoms with Gasteiger partial charge in [-0.2, -0.15) is 0 Å². The summed E-state index contributed by atoms with van der Waals surface area (Å²) in [5.41, 5.74) is 0.843. The van der Waals surface area contributed by atoms with Crippen molar-refractivity contribution >= 4 is 23.2 Å². The predicted molar refractivity (Wildman–Crippen MR) is 69.7 cm³/mol. The fourth-order valence-corrected chi connectivity index (χ4v) is 3.71. The van der Waals surface area contributed by atoms with E-state index in [1.807, 2.05) is 6.07 Å². The van der Waals surface area contributed by atoms with Crippen LogP contribution in [0.5, 0.6) is 5.75 Å². The van der Waals surface area contributed by atoms with Crippen molar-refractivity contribution in [2.45, 2.75) is 31.8 Å². The minimum absolute atomic E-state index is 0.179. The summed E-state index contributed by atoms with van der Waals surface area (Å²) in [6, 6.07) is 4.09. The Morgan fingerprint density at radius 1 is 1.29 bits per heavy atom. The van der Waals surface area contributed by atoms with Crippen LogP contribution < -0.4 is 0 Å². The van der Waals surface area contributed by atoms with Gasteiger partial charge in [-0.25, -0.2) is 0 Å². The van der Waals surface area contributed by atoms with Gasteiger partial charge in [0.2, 0.25) is 0 Å². The number of piperidine rings is 1. The van der Waals surface area contributed by atoms with Gasteiger partial charge in [0.1, 0.15) is 5.75 Å². The van der Waals surface area contributed by atoms with Gasteiger partial charge in [-0.1, -0.05) is 23.2 Å². The number of halogens is 2. The number of aromatic hydroxyl groups is 1. The zero-order chi connectivity index (χ0) is 12.0. The van der Waals surface area contributed by atoms with Gasteiger partial charge < -0.3 is 5.11 Å². The summed E-state index contributed by atoms with van der Waals surface area (Å²) >= 11 is 11.9. The molecule has 92 valence electrons. The number of nitrogens with zero attached hydrogens (tertiary/aromatic N) is 1. The summed E-state index contributed by atoms with van der Waals surface area (Å²) in [6.45, 7) is 1.90. The van der Waals surface area contributed by atoms with Gasteiger partial charge in [-0.15, -0.1) is 0 Å². The van der Waals surface area contributed by atoms with E-state index in [9.17, 15) is 5.11 Å². The normalized spacial score (nSPS) is 27.9. The molecule has 1 aliphatic heterocycles. The van der Waals surface area contributed by atoms with Crippen molar-refractivity contribution < 1.29 is 5.11 Å². The summed E-state index contributed by atoms with van der Waals surface area (Å²) < 4.78 is 0. The molecule has 2 nitrogen and oxygen atoms in total. The highest BCUT2D eigenvalue weighted by atomic mass is 35.5. The van der Waals surface area contributed by atoms with E-state index >= 15 is 0 Å². The molecule has 17 heavy (non-hydrogen) atoms. The predicted octanol–water partition coefficient (Wildman–Crippen LogP) is 3.68. The van der Waals surface area contributed by atoms with Crippen LogP contribution >= 0.6 is 23.2 Å². The molecule has 4 heteroatoms. The molecule has 1 heterocycles. The first-order chi connectivity index (χ1) is 8.13. The van der Waals surface area contributed by atoms with Crippen molar-refractivity contribution in [1.29, 1.82) is 0 Å². The molecule has 2 aliphatic rings. The Balaban J connectivity index is 1.81. The zero-order valence-electron chi connectivity index (χ0n) is 9.50. The van der Waals surface area contributed by atoms with Gasteiger partial charge in [-0.3, -0.25) is 4.90 Å². The van der Waals surface area contributed by atoms with Crippen LogP contribution in [0.2, 0.25) is 10.0 Å². The average molecular weight is 272 g/mol. The first kappa shape index (κ1) is 11.6. The topological polar surface area (TPSA) is 23.5 Å². The number of rotatable bonds is 2. The summed E-state index contributed by atoms with van der Waals surface area (Å²) in [5.74, 6) is 1.04. The number of phenolic OH excluding ortho intramolecular Hbond substituents is 1. The Hall–Kier alpha value is -0.440. The number of phenols is 1. The van der Waals surface area contributed by atoms with Crippen molar-refractivity contribution in [3.05, 3.63) is 27.7 Å². The molecule has 1 aromatic rings. The van der Waals surface area contributed by atoms with Gasteiger partial charge in [0.25, 0.3) is 0 Å². The van der Waals surface area contributed by atoms with E-state index in [1.54, 1.807) is 6.07 Å². The molecule has 0 radical (unpaired) electrons. The fraction of sp³-hybridized carbons (Fsp3) is 0.538. The van der Waals surface area contributed by atoms with Gasteiger partial charge in [0.05, 0.1) is 5.02 Å². The minimum atomic E-state index is 0.179. The molecule has 1 aliphatic carbocycles. The van der Waals surface area contributed by atoms with Crippen molar-refractivity contribution in [2.24, 2.45) is 5.92 Å². The maximum absolute atomic E-state index is 9.94. The average Bonchev–Trinajstić information content (AvgIpc) is 2.87. The van der Waals surface area contributed by atoms with E-state index in [0.717, 1.165) is 24.6 Å². The molecule has 1 saturated heterocycles. The molecule has 2 fully saturated rings. The van der Waals surface area contributed by atoms with Gasteiger partial charge in [0.15, 0.2) is 0 Å². The van der Waals surface area contributed by atoms with E-state index in [4.69, 9.17) is 23.2 Å². The standard InChI is InChI=1S/C13H15Cl2NO/c14-10-4-9(13(17)12(15)5-10)7-16-6-8-1-2-11(16)3-8/h4-5,8,11,17H,1-3,6-7H2. The quantitative estimate of drug-likeness (QED) is 0.887. The lowest BCUT2D eigenvalue weighted by molar-refractivity contribution is 0.203. The summed E-state index contributed by atoms with van der Waals surface area (Å²) in [7, 11) is 0. The molecule has 0 amide bonds. The number of benzene rings is 1. The van der Waals surface area contributed by atoms with Gasteiger partial charge in [-0.05, 0) is 37.3 Å². The Morgan fingerprint density at radius 3 is 2.76 bits per heavy atom. The Bertz CT molecular complexity index is 449. The van der Waals surface area contributed by atoms with Gasteiger partial charge >= 0.3 is 0 Å². The molecule has 2 bridgehead atoms. The second kappa shape index (κ2) is 4.34. The maximum atomic E-state index is 9.94. The van der Waals surface area contributed by atoms with E-state index < -0.39 is 0 Å². The molecular weight excluding hydrogens is 257 g/mol. The van der Waals surface area contributed by atoms with Crippen LogP contribution in [0.15, 0.2) is 12.1 Å². The van der Waals surface area contributed by atoms with E-state index in [-0.39, 0.29) is 5.75 Å². The number of fused-ring (bicyclic) bond motifs is 2. The maximum Gasteiger partial charge on any atom is 0.138 e. The smallest absolute Gasteiger partial charge is 0.138 e. The van der Waals surface area contributed by atoms with Crippen LogP contribution in [0.1, 0.15) is 24.8 Å². The molecule has 3 rings (SSSR count). The highest BCUT2D eigenvalue weighted by molar-refractivity contribution is 6.35. The number of likely N-dealkylation sites (tertiary alicyclic amines) is 1. The molecule has 0 spiro atoms. The Morgan fingerprint density at radius 2 is 2.12 bits per heavy atom. The summed E-state index contributed by atoms with van der Waals surface area (Å²) in [4.78, 5) is 2.44. The van der Waals surface area contributed by atoms with Gasteiger partial charge in [0, 0.05) is 29.7 Å². The monoisotopic (exact) mass is 271 g/mol. The molecule has 2 atom stereocenters. The molecular formula is C13H15Cl2NO. The van der Waals surface area contributed by atoms with Crippen LogP contribution in [0.25, 0.3) is 0 Å². The summed E-state index contributed by atoms with van der Waals surface area (Å²) in [5, 5.41) is 10.9. The fourth-order valence-electron chi connectivity index (χ4n) is 3.18. The minimum Gasteiger partial charge on any atom is -0.506 e. The Labute approximate surface area is 111 Å². The van der Waals surface area contributed by atoms with Crippen molar-refractivity contribution in [3.63, 3.8) is 0 Å². The molecule has 1 N–H and O–H groups in total. The lowest BCUT2D eigenvalue weighted by atomic mass is 10.1. The lowest BCUT2D eigenvalue weighted by Crippen LogP contribution is -2.31. The van der Waals surface area contributed by atoms with Crippen LogP contribution in [0.4, 0.5) is 0 Å². The third kappa shape index (κ3) is 2.14. The number of hydrogen-bond donors (Lipinski definition) is 1. The van der Waals surface area contributed by atoms with Crippen molar-refractivity contribution in [3.8, 4) is 5.75 Å². The second-order valence-corrected chi connectivity index (χ2v) is 6.00. The van der Waals surface area contributed by atoms with Crippen molar-refractivity contribution in [2.75, 3.05) is 6.54 Å². The molecule has 1 saturated carbocycles. The zero-order valence-corrected chi connectivity index (χ0v) is 11.0. The van der Waals surface area contributed by atoms with Crippen LogP contribution in [-0.2, 0) is 6.54 Å². The van der Waals surface area contributed by atoms with E-state index in [2.05, 4.69) is 4.90 Å². The third-order valence-electron chi connectivity index (χ3n) is 4.00. The highest BCUT2D eigenvalue weighted by Gasteiger charge is 2.37. The first-order valence-electron chi connectivity index (χ1n) is 6.04. The SMILES string of the molecule is Oc1c(Cl)cc(Cl)cc1CN1CC2CCC1C2. The summed E-state index contributed by atoms with van der Waals surface area (Å²) in [6.07, 6.45) is 3.97. The highest BCUT2D eigenvalue weighted by Crippen LogP contribution is 2.40.